The Labute approximate surface area is 90.5 Å². The molecule has 0 unspecified atom stereocenters. The number of aromatic amines is 1. The first-order valence-corrected chi connectivity index (χ1v) is 5.01. The van der Waals surface area contributed by atoms with Gasteiger partial charge in [-0.1, -0.05) is 6.92 Å². The normalized spacial score (nSPS) is 11.1. The molecule has 86 valence electrons. The van der Waals surface area contributed by atoms with Gasteiger partial charge in [0.25, 0.3) is 5.56 Å². The van der Waals surface area contributed by atoms with Gasteiger partial charge in [0.2, 0.25) is 0 Å². The first-order valence-electron chi connectivity index (χ1n) is 5.01. The third-order valence-corrected chi connectivity index (χ3v) is 2.44. The molecule has 0 bridgehead atoms. The van der Waals surface area contributed by atoms with E-state index < -0.39 is 5.56 Å². The predicted molar refractivity (Wildman–Crippen MR) is 60.3 cm³/mol. The SMILES string of the molecule is CCCn1c(=O)n(C)c(=O)c2[nH]c(N)nc21. The van der Waals surface area contributed by atoms with Crippen LogP contribution in [0.5, 0.6) is 0 Å². The molecule has 2 aromatic rings. The fourth-order valence-corrected chi connectivity index (χ4v) is 1.68. The highest BCUT2D eigenvalue weighted by molar-refractivity contribution is 5.72. The van der Waals surface area contributed by atoms with E-state index in [9.17, 15) is 9.59 Å². The van der Waals surface area contributed by atoms with Crippen LogP contribution in [0.3, 0.4) is 0 Å². The standard InChI is InChI=1S/C9H13N5O2/c1-3-4-14-6-5(11-8(10)12-6)7(15)13(2)9(14)16/h3-4H2,1-2H3,(H3,10,11,12). The Morgan fingerprint density at radius 1 is 1.44 bits per heavy atom. The molecule has 2 rings (SSSR count). The van der Waals surface area contributed by atoms with Crippen LogP contribution in [0.15, 0.2) is 9.59 Å². The number of nitrogens with zero attached hydrogens (tertiary/aromatic N) is 3. The molecule has 0 saturated heterocycles. The summed E-state index contributed by atoms with van der Waals surface area (Å²) in [6.45, 7) is 2.45. The number of hydrogen-bond donors (Lipinski definition) is 2. The molecule has 0 radical (unpaired) electrons. The maximum Gasteiger partial charge on any atom is 0.332 e. The van der Waals surface area contributed by atoms with Crippen LogP contribution in [0, 0.1) is 0 Å². The highest BCUT2D eigenvalue weighted by Gasteiger charge is 2.13. The molecule has 0 atom stereocenters. The van der Waals surface area contributed by atoms with Gasteiger partial charge in [0, 0.05) is 13.6 Å². The zero-order chi connectivity index (χ0) is 11.9. The maximum atomic E-state index is 11.8. The number of hydrogen-bond acceptors (Lipinski definition) is 4. The molecule has 7 heteroatoms. The average Bonchev–Trinajstić information content (AvgIpc) is 2.63. The zero-order valence-corrected chi connectivity index (χ0v) is 9.15. The van der Waals surface area contributed by atoms with Gasteiger partial charge in [-0.2, -0.15) is 4.98 Å². The Morgan fingerprint density at radius 2 is 2.12 bits per heavy atom. The predicted octanol–water partition coefficient (Wildman–Crippen LogP) is -0.585. The first-order chi connectivity index (χ1) is 7.56. The van der Waals surface area contributed by atoms with Gasteiger partial charge < -0.3 is 10.7 Å². The van der Waals surface area contributed by atoms with E-state index in [1.165, 1.54) is 11.6 Å². The molecule has 0 aliphatic rings. The lowest BCUT2D eigenvalue weighted by Gasteiger charge is -2.06. The molecule has 2 aromatic heterocycles. The van der Waals surface area contributed by atoms with Crippen molar-refractivity contribution in [3.05, 3.63) is 20.8 Å². The highest BCUT2D eigenvalue weighted by Crippen LogP contribution is 2.06. The van der Waals surface area contributed by atoms with Gasteiger partial charge in [-0.05, 0) is 6.42 Å². The second-order valence-corrected chi connectivity index (χ2v) is 3.62. The maximum absolute atomic E-state index is 11.8. The van der Waals surface area contributed by atoms with Gasteiger partial charge in [0.15, 0.2) is 17.1 Å². The molecule has 0 aromatic carbocycles. The van der Waals surface area contributed by atoms with E-state index in [1.54, 1.807) is 0 Å². The quantitative estimate of drug-likeness (QED) is 0.711. The topological polar surface area (TPSA) is 98.7 Å². The summed E-state index contributed by atoms with van der Waals surface area (Å²) >= 11 is 0. The summed E-state index contributed by atoms with van der Waals surface area (Å²) in [5.74, 6) is 0.141. The third kappa shape index (κ3) is 1.32. The van der Waals surface area contributed by atoms with Crippen LogP contribution in [0.1, 0.15) is 13.3 Å². The Bertz CT molecular complexity index is 648. The van der Waals surface area contributed by atoms with E-state index in [-0.39, 0.29) is 17.2 Å². The van der Waals surface area contributed by atoms with Gasteiger partial charge in [-0.15, -0.1) is 0 Å². The monoisotopic (exact) mass is 223 g/mol. The number of H-pyrrole nitrogens is 1. The van der Waals surface area contributed by atoms with Crippen LogP contribution in [-0.2, 0) is 13.6 Å². The molecule has 0 amide bonds. The molecule has 7 nitrogen and oxygen atoms in total. The van der Waals surface area contributed by atoms with Crippen molar-refractivity contribution in [2.45, 2.75) is 19.9 Å². The van der Waals surface area contributed by atoms with Crippen molar-refractivity contribution in [3.8, 4) is 0 Å². The number of aromatic nitrogens is 4. The summed E-state index contributed by atoms with van der Waals surface area (Å²) in [7, 11) is 1.44. The zero-order valence-electron chi connectivity index (χ0n) is 9.15. The van der Waals surface area contributed by atoms with Gasteiger partial charge >= 0.3 is 5.69 Å². The second kappa shape index (κ2) is 3.51. The summed E-state index contributed by atoms with van der Waals surface area (Å²) in [4.78, 5) is 30.2. The smallest absolute Gasteiger partial charge is 0.332 e. The molecular formula is C9H13N5O2. The minimum atomic E-state index is -0.406. The Hall–Kier alpha value is -2.05. The van der Waals surface area contributed by atoms with Crippen molar-refractivity contribution >= 4 is 17.1 Å². The number of nitrogens with two attached hydrogens (primary N) is 1. The molecule has 0 fully saturated rings. The number of nitrogen functional groups attached to an aromatic ring is 1. The van der Waals surface area contributed by atoms with E-state index in [0.29, 0.717) is 12.2 Å². The van der Waals surface area contributed by atoms with Gasteiger partial charge in [0.05, 0.1) is 0 Å². The first kappa shape index (κ1) is 10.5. The van der Waals surface area contributed by atoms with Crippen molar-refractivity contribution in [3.63, 3.8) is 0 Å². The largest absolute Gasteiger partial charge is 0.369 e. The average molecular weight is 223 g/mol. The summed E-state index contributed by atoms with van der Waals surface area (Å²) in [6.07, 6.45) is 0.778. The lowest BCUT2D eigenvalue weighted by atomic mass is 10.4. The number of imidazole rings is 1. The van der Waals surface area contributed by atoms with Gasteiger partial charge in [-0.25, -0.2) is 4.79 Å². The van der Waals surface area contributed by atoms with Crippen LogP contribution in [0.25, 0.3) is 11.2 Å². The van der Waals surface area contributed by atoms with Crippen LogP contribution in [0.4, 0.5) is 5.95 Å². The minimum Gasteiger partial charge on any atom is -0.369 e. The fourth-order valence-electron chi connectivity index (χ4n) is 1.68. The van der Waals surface area contributed by atoms with Crippen molar-refractivity contribution in [2.24, 2.45) is 7.05 Å². The molecule has 0 aliphatic heterocycles. The van der Waals surface area contributed by atoms with Gasteiger partial charge in [-0.3, -0.25) is 13.9 Å². The van der Waals surface area contributed by atoms with Crippen molar-refractivity contribution < 1.29 is 0 Å². The van der Waals surface area contributed by atoms with Crippen molar-refractivity contribution in [1.82, 2.24) is 19.1 Å². The molecule has 3 N–H and O–H groups in total. The number of anilines is 1. The van der Waals surface area contributed by atoms with Crippen LogP contribution in [-0.4, -0.2) is 19.1 Å². The molecule has 0 spiro atoms. The second-order valence-electron chi connectivity index (χ2n) is 3.62. The minimum absolute atomic E-state index is 0.141. The molecular weight excluding hydrogens is 210 g/mol. The summed E-state index contributed by atoms with van der Waals surface area (Å²) in [5.41, 5.74) is 5.32. The number of nitrogens with one attached hydrogen (secondary N) is 1. The summed E-state index contributed by atoms with van der Waals surface area (Å²) in [5, 5.41) is 0. The number of aryl methyl sites for hydroxylation is 1. The van der Waals surface area contributed by atoms with Crippen molar-refractivity contribution in [1.29, 1.82) is 0 Å². The Morgan fingerprint density at radius 3 is 2.75 bits per heavy atom. The summed E-state index contributed by atoms with van der Waals surface area (Å²) in [6, 6.07) is 0. The lowest BCUT2D eigenvalue weighted by Crippen LogP contribution is -2.38. The fraction of sp³-hybridized carbons (Fsp3) is 0.444. The van der Waals surface area contributed by atoms with E-state index in [4.69, 9.17) is 5.73 Å². The van der Waals surface area contributed by atoms with Crippen LogP contribution < -0.4 is 17.0 Å². The lowest BCUT2D eigenvalue weighted by molar-refractivity contribution is 0.611. The van der Waals surface area contributed by atoms with E-state index >= 15 is 0 Å². The van der Waals surface area contributed by atoms with Crippen LogP contribution in [0.2, 0.25) is 0 Å². The van der Waals surface area contributed by atoms with E-state index in [1.807, 2.05) is 6.92 Å². The van der Waals surface area contributed by atoms with E-state index in [0.717, 1.165) is 11.0 Å². The van der Waals surface area contributed by atoms with Crippen LogP contribution >= 0.6 is 0 Å². The van der Waals surface area contributed by atoms with Gasteiger partial charge in [0.1, 0.15) is 0 Å². The molecule has 0 saturated carbocycles. The molecule has 0 aliphatic carbocycles. The summed E-state index contributed by atoms with van der Waals surface area (Å²) < 4.78 is 2.50. The molecule has 2 heterocycles. The third-order valence-electron chi connectivity index (χ3n) is 2.44. The Kier molecular flexibility index (Phi) is 2.30. The highest BCUT2D eigenvalue weighted by atomic mass is 16.2. The molecule has 16 heavy (non-hydrogen) atoms. The van der Waals surface area contributed by atoms with Crippen molar-refractivity contribution in [2.75, 3.05) is 5.73 Å². The van der Waals surface area contributed by atoms with E-state index in [2.05, 4.69) is 9.97 Å². The number of fused-ring (bicyclic) bond motifs is 1. The number of rotatable bonds is 2. The Balaban J connectivity index is 2.97.